The number of nitrogens with zero attached hydrogens (tertiary/aromatic N) is 3. The van der Waals surface area contributed by atoms with Crippen molar-refractivity contribution in [2.75, 3.05) is 0 Å². The van der Waals surface area contributed by atoms with E-state index in [0.29, 0.717) is 11.7 Å². The van der Waals surface area contributed by atoms with E-state index in [-0.39, 0.29) is 12.3 Å². The lowest BCUT2D eigenvalue weighted by atomic mass is 10.0. The molecule has 6 nitrogen and oxygen atoms in total. The minimum atomic E-state index is -0.750. The second kappa shape index (κ2) is 6.09. The van der Waals surface area contributed by atoms with E-state index in [1.807, 2.05) is 42.5 Å². The monoisotopic (exact) mass is 359 g/mol. The van der Waals surface area contributed by atoms with Gasteiger partial charge in [0.2, 0.25) is 5.82 Å². The zero-order valence-electron chi connectivity index (χ0n) is 14.5. The number of carboxylic acids is 1. The van der Waals surface area contributed by atoms with Crippen molar-refractivity contribution in [2.45, 2.75) is 25.3 Å². The quantitative estimate of drug-likeness (QED) is 0.587. The molecule has 3 heterocycles. The van der Waals surface area contributed by atoms with E-state index in [1.54, 1.807) is 0 Å². The molecule has 2 aromatic heterocycles. The Balaban J connectivity index is 1.51. The second-order valence-corrected chi connectivity index (χ2v) is 6.87. The van der Waals surface area contributed by atoms with E-state index in [2.05, 4.69) is 26.8 Å². The molecule has 0 radical (unpaired) electrons. The Labute approximate surface area is 155 Å². The first-order chi connectivity index (χ1) is 13.2. The highest BCUT2D eigenvalue weighted by Crippen LogP contribution is 2.37. The zero-order valence-corrected chi connectivity index (χ0v) is 14.5. The average Bonchev–Trinajstić information content (AvgIpc) is 3.38. The van der Waals surface area contributed by atoms with E-state index in [4.69, 9.17) is 9.63 Å². The lowest BCUT2D eigenvalue weighted by Gasteiger charge is -2.04. The SMILES string of the molecule is O=C(O)CC1CCn2c1cc1cc(-c3noc(-c4ccccc4)n3)ccc12. The van der Waals surface area contributed by atoms with Gasteiger partial charge in [0.15, 0.2) is 0 Å². The van der Waals surface area contributed by atoms with Crippen molar-refractivity contribution in [2.24, 2.45) is 0 Å². The maximum Gasteiger partial charge on any atom is 0.304 e. The maximum atomic E-state index is 11.1. The number of rotatable bonds is 4. The molecule has 0 aliphatic carbocycles. The topological polar surface area (TPSA) is 81.1 Å². The molecule has 1 aliphatic heterocycles. The van der Waals surface area contributed by atoms with Gasteiger partial charge in [-0.15, -0.1) is 0 Å². The summed E-state index contributed by atoms with van der Waals surface area (Å²) in [5, 5.41) is 14.3. The predicted octanol–water partition coefficient (Wildman–Crippen LogP) is 4.32. The Bertz CT molecular complexity index is 1140. The van der Waals surface area contributed by atoms with Crippen LogP contribution in [-0.2, 0) is 11.3 Å². The summed E-state index contributed by atoms with van der Waals surface area (Å²) in [6, 6.07) is 17.8. The van der Waals surface area contributed by atoms with Crippen molar-refractivity contribution in [1.29, 1.82) is 0 Å². The predicted molar refractivity (Wildman–Crippen MR) is 100 cm³/mol. The first-order valence-electron chi connectivity index (χ1n) is 8.93. The summed E-state index contributed by atoms with van der Waals surface area (Å²) < 4.78 is 7.63. The Morgan fingerprint density at radius 3 is 2.81 bits per heavy atom. The minimum Gasteiger partial charge on any atom is -0.481 e. The van der Waals surface area contributed by atoms with Gasteiger partial charge >= 0.3 is 5.97 Å². The minimum absolute atomic E-state index is 0.0770. The highest BCUT2D eigenvalue weighted by atomic mass is 16.5. The van der Waals surface area contributed by atoms with Crippen LogP contribution >= 0.6 is 0 Å². The van der Waals surface area contributed by atoms with Gasteiger partial charge in [0.25, 0.3) is 5.89 Å². The van der Waals surface area contributed by atoms with E-state index in [0.717, 1.165) is 40.7 Å². The molecule has 2 aromatic carbocycles. The number of aromatic nitrogens is 3. The summed E-state index contributed by atoms with van der Waals surface area (Å²) in [6.07, 6.45) is 1.05. The molecule has 5 rings (SSSR count). The Hall–Kier alpha value is -3.41. The van der Waals surface area contributed by atoms with Gasteiger partial charge in [-0.1, -0.05) is 23.4 Å². The van der Waals surface area contributed by atoms with E-state index >= 15 is 0 Å². The third-order valence-corrected chi connectivity index (χ3v) is 5.18. The summed E-state index contributed by atoms with van der Waals surface area (Å²) in [6.45, 7) is 0.858. The Morgan fingerprint density at radius 1 is 1.15 bits per heavy atom. The van der Waals surface area contributed by atoms with Crippen LogP contribution in [0.3, 0.4) is 0 Å². The van der Waals surface area contributed by atoms with Crippen LogP contribution in [0.2, 0.25) is 0 Å². The lowest BCUT2D eigenvalue weighted by Crippen LogP contribution is -2.02. The van der Waals surface area contributed by atoms with Crippen molar-refractivity contribution in [1.82, 2.24) is 14.7 Å². The highest BCUT2D eigenvalue weighted by molar-refractivity contribution is 5.86. The molecule has 134 valence electrons. The first kappa shape index (κ1) is 15.8. The molecule has 27 heavy (non-hydrogen) atoms. The molecule has 0 spiro atoms. The number of aliphatic carboxylic acids is 1. The van der Waals surface area contributed by atoms with Gasteiger partial charge in [0.1, 0.15) is 0 Å². The molecule has 1 aliphatic rings. The molecule has 4 aromatic rings. The van der Waals surface area contributed by atoms with Crippen molar-refractivity contribution in [3.8, 4) is 22.8 Å². The van der Waals surface area contributed by atoms with Gasteiger partial charge in [-0.2, -0.15) is 4.98 Å². The van der Waals surface area contributed by atoms with Crippen molar-refractivity contribution in [3.05, 3.63) is 60.3 Å². The Kier molecular flexibility index (Phi) is 3.57. The molecule has 0 bridgehead atoms. The van der Waals surface area contributed by atoms with Crippen molar-refractivity contribution in [3.63, 3.8) is 0 Å². The Morgan fingerprint density at radius 2 is 2.00 bits per heavy atom. The fraction of sp³-hybridized carbons (Fsp3) is 0.190. The van der Waals surface area contributed by atoms with Crippen LogP contribution < -0.4 is 0 Å². The number of carboxylic acid groups (broad SMARTS) is 1. The number of carbonyl (C=O) groups is 1. The number of hydrogen-bond acceptors (Lipinski definition) is 4. The third-order valence-electron chi connectivity index (χ3n) is 5.18. The highest BCUT2D eigenvalue weighted by Gasteiger charge is 2.26. The standard InChI is InChI=1S/C21H17N3O3/c25-19(26)12-14-8-9-24-17-7-6-15(10-16(17)11-18(14)24)20-22-21(27-23-20)13-4-2-1-3-5-13/h1-7,10-11,14H,8-9,12H2,(H,25,26). The molecular formula is C21H17N3O3. The second-order valence-electron chi connectivity index (χ2n) is 6.87. The zero-order chi connectivity index (χ0) is 18.4. The molecule has 1 atom stereocenters. The molecule has 0 fully saturated rings. The van der Waals surface area contributed by atoms with Crippen LogP contribution in [-0.4, -0.2) is 25.8 Å². The fourth-order valence-corrected chi connectivity index (χ4v) is 3.91. The molecule has 1 N–H and O–H groups in total. The number of benzene rings is 2. The van der Waals surface area contributed by atoms with Crippen LogP contribution in [0.5, 0.6) is 0 Å². The van der Waals surface area contributed by atoms with Crippen LogP contribution in [0.15, 0.2) is 59.1 Å². The van der Waals surface area contributed by atoms with Crippen LogP contribution in [0.25, 0.3) is 33.7 Å². The van der Waals surface area contributed by atoms with E-state index < -0.39 is 5.97 Å². The number of aryl methyl sites for hydroxylation is 1. The van der Waals surface area contributed by atoms with Gasteiger partial charge in [-0.3, -0.25) is 4.79 Å². The maximum absolute atomic E-state index is 11.1. The lowest BCUT2D eigenvalue weighted by molar-refractivity contribution is -0.137. The summed E-state index contributed by atoms with van der Waals surface area (Å²) in [7, 11) is 0. The molecule has 0 saturated carbocycles. The number of hydrogen-bond donors (Lipinski definition) is 1. The van der Waals surface area contributed by atoms with Gasteiger partial charge in [-0.05, 0) is 42.8 Å². The van der Waals surface area contributed by atoms with Gasteiger partial charge in [-0.25, -0.2) is 0 Å². The summed E-state index contributed by atoms with van der Waals surface area (Å²) in [5.74, 6) is 0.364. The average molecular weight is 359 g/mol. The molecule has 6 heteroatoms. The van der Waals surface area contributed by atoms with Gasteiger partial charge in [0.05, 0.1) is 6.42 Å². The smallest absolute Gasteiger partial charge is 0.304 e. The molecule has 0 saturated heterocycles. The summed E-state index contributed by atoms with van der Waals surface area (Å²) >= 11 is 0. The first-order valence-corrected chi connectivity index (χ1v) is 8.93. The van der Waals surface area contributed by atoms with E-state index in [9.17, 15) is 4.79 Å². The van der Waals surface area contributed by atoms with Gasteiger partial charge < -0.3 is 14.2 Å². The van der Waals surface area contributed by atoms with Crippen LogP contribution in [0.4, 0.5) is 0 Å². The summed E-state index contributed by atoms with van der Waals surface area (Å²) in [4.78, 5) is 15.6. The number of fused-ring (bicyclic) bond motifs is 3. The third kappa shape index (κ3) is 2.70. The van der Waals surface area contributed by atoms with E-state index in [1.165, 1.54) is 0 Å². The van der Waals surface area contributed by atoms with Crippen LogP contribution in [0.1, 0.15) is 24.5 Å². The van der Waals surface area contributed by atoms with Gasteiger partial charge in [0, 0.05) is 40.2 Å². The molecule has 0 amide bonds. The van der Waals surface area contributed by atoms with Crippen molar-refractivity contribution < 1.29 is 14.4 Å². The molecular weight excluding hydrogens is 342 g/mol. The van der Waals surface area contributed by atoms with Crippen molar-refractivity contribution >= 4 is 16.9 Å². The summed E-state index contributed by atoms with van der Waals surface area (Å²) in [5.41, 5.74) is 3.99. The normalized spacial score (nSPS) is 15.9. The molecule has 1 unspecified atom stereocenters. The fourth-order valence-electron chi connectivity index (χ4n) is 3.91. The largest absolute Gasteiger partial charge is 0.481 e. The van der Waals surface area contributed by atoms with Crippen LogP contribution in [0, 0.1) is 0 Å².